The maximum atomic E-state index is 12.9. The molecule has 9 nitrogen and oxygen atoms in total. The third-order valence-electron chi connectivity index (χ3n) is 6.38. The molecule has 1 aliphatic rings. The number of carbonyl (C=O) groups is 2. The van der Waals surface area contributed by atoms with E-state index in [1.54, 1.807) is 36.0 Å². The van der Waals surface area contributed by atoms with Gasteiger partial charge in [-0.1, -0.05) is 43.9 Å². The molecule has 0 spiro atoms. The van der Waals surface area contributed by atoms with Crippen LogP contribution < -0.4 is 5.73 Å². The van der Waals surface area contributed by atoms with Gasteiger partial charge in [-0.2, -0.15) is 5.10 Å². The van der Waals surface area contributed by atoms with Crippen molar-refractivity contribution < 1.29 is 19.4 Å². The second kappa shape index (κ2) is 9.96. The molecule has 2 aromatic heterocycles. The highest BCUT2D eigenvalue weighted by molar-refractivity contribution is 6.76. The average Bonchev–Trinajstić information content (AvgIpc) is 3.39. The highest BCUT2D eigenvalue weighted by atomic mass is 28.3. The number of nitrogens with two attached hydrogens (primary N) is 1. The van der Waals surface area contributed by atoms with Crippen LogP contribution in [0.4, 0.5) is 0 Å². The molecule has 0 aliphatic carbocycles. The second-order valence-corrected chi connectivity index (χ2v) is 16.1. The Morgan fingerprint density at radius 3 is 2.47 bits per heavy atom. The summed E-state index contributed by atoms with van der Waals surface area (Å²) in [5, 5.41) is 16.1. The molecule has 0 radical (unpaired) electrons. The largest absolute Gasteiger partial charge is 0.374 e. The fourth-order valence-electron chi connectivity index (χ4n) is 4.18. The van der Waals surface area contributed by atoms with Crippen LogP contribution >= 0.6 is 0 Å². The molecule has 0 saturated carbocycles. The van der Waals surface area contributed by atoms with Crippen LogP contribution in [-0.4, -0.2) is 64.9 Å². The van der Waals surface area contributed by atoms with E-state index in [2.05, 4.69) is 24.6 Å². The van der Waals surface area contributed by atoms with Crippen molar-refractivity contribution in [3.63, 3.8) is 0 Å². The Morgan fingerprint density at radius 2 is 1.83 bits per heavy atom. The number of pyridine rings is 1. The lowest BCUT2D eigenvalue weighted by atomic mass is 9.96. The SMILES string of the molecule is CN1CC[C@@](O)(c2cc(-c3cccc(-c4cccc(C(N)=O)n4)c3)nn2COCC[Si](C)(C)C)C1=O. The zero-order valence-corrected chi connectivity index (χ0v) is 22.2. The van der Waals surface area contributed by atoms with Crippen molar-refractivity contribution in [1.82, 2.24) is 19.7 Å². The molecule has 190 valence electrons. The average molecular weight is 508 g/mol. The molecule has 4 rings (SSSR count). The van der Waals surface area contributed by atoms with Gasteiger partial charge in [-0.15, -0.1) is 0 Å². The van der Waals surface area contributed by atoms with Crippen molar-refractivity contribution in [2.45, 2.75) is 44.4 Å². The molecular formula is C26H33N5O4Si. The van der Waals surface area contributed by atoms with Crippen LogP contribution in [0.2, 0.25) is 25.7 Å². The number of rotatable bonds is 9. The summed E-state index contributed by atoms with van der Waals surface area (Å²) >= 11 is 0. The molecule has 1 atom stereocenters. The molecule has 1 saturated heterocycles. The number of aromatic nitrogens is 3. The van der Waals surface area contributed by atoms with E-state index in [1.807, 2.05) is 24.3 Å². The minimum absolute atomic E-state index is 0.140. The van der Waals surface area contributed by atoms with Gasteiger partial charge in [0.05, 0.1) is 17.1 Å². The van der Waals surface area contributed by atoms with Crippen molar-refractivity contribution in [3.8, 4) is 22.5 Å². The number of nitrogens with zero attached hydrogens (tertiary/aromatic N) is 4. The van der Waals surface area contributed by atoms with Crippen LogP contribution in [0, 0.1) is 0 Å². The number of hydrogen-bond donors (Lipinski definition) is 2. The van der Waals surface area contributed by atoms with Crippen molar-refractivity contribution in [1.29, 1.82) is 0 Å². The zero-order valence-electron chi connectivity index (χ0n) is 21.2. The van der Waals surface area contributed by atoms with E-state index in [-0.39, 0.29) is 24.8 Å². The Balaban J connectivity index is 1.69. The lowest BCUT2D eigenvalue weighted by molar-refractivity contribution is -0.143. The highest BCUT2D eigenvalue weighted by Gasteiger charge is 2.47. The van der Waals surface area contributed by atoms with Gasteiger partial charge < -0.3 is 20.5 Å². The predicted octanol–water partition coefficient (Wildman–Crippen LogP) is 3.07. The molecule has 1 aromatic carbocycles. The standard InChI is InChI=1S/C26H33N5O4Si/c1-30-12-11-26(34,25(30)33)23-16-22(29-31(23)17-35-13-14-36(2,3)4)19-8-5-7-18(15-19)20-9-6-10-21(28-20)24(27)32/h5-10,15-16,34H,11-14,17H2,1-4H3,(H2,27,32)/t26-/m1/s1. The van der Waals surface area contributed by atoms with Crippen molar-refractivity contribution >= 4 is 19.9 Å². The van der Waals surface area contributed by atoms with Gasteiger partial charge >= 0.3 is 0 Å². The molecular weight excluding hydrogens is 474 g/mol. The Labute approximate surface area is 211 Å². The topological polar surface area (TPSA) is 124 Å². The minimum atomic E-state index is -1.66. The van der Waals surface area contributed by atoms with Gasteiger partial charge in [0.2, 0.25) is 0 Å². The number of carbonyl (C=O) groups excluding carboxylic acids is 2. The normalized spacial score (nSPS) is 18.1. The van der Waals surface area contributed by atoms with Crippen LogP contribution in [0.25, 0.3) is 22.5 Å². The smallest absolute Gasteiger partial charge is 0.267 e. The summed E-state index contributed by atoms with van der Waals surface area (Å²) < 4.78 is 7.52. The summed E-state index contributed by atoms with van der Waals surface area (Å²) in [4.78, 5) is 30.3. The summed E-state index contributed by atoms with van der Waals surface area (Å²) in [5.41, 5.74) is 7.11. The van der Waals surface area contributed by atoms with E-state index in [9.17, 15) is 14.7 Å². The Bertz CT molecular complexity index is 1290. The minimum Gasteiger partial charge on any atom is -0.374 e. The van der Waals surface area contributed by atoms with E-state index in [1.165, 1.54) is 4.90 Å². The van der Waals surface area contributed by atoms with Crippen LogP contribution in [0.15, 0.2) is 48.5 Å². The molecule has 0 unspecified atom stereocenters. The molecule has 2 amide bonds. The first-order valence-electron chi connectivity index (χ1n) is 12.0. The number of aliphatic hydroxyl groups is 1. The summed E-state index contributed by atoms with van der Waals surface area (Å²) in [6, 6.07) is 15.4. The third-order valence-corrected chi connectivity index (χ3v) is 8.08. The Hall–Kier alpha value is -3.34. The van der Waals surface area contributed by atoms with Crippen LogP contribution in [-0.2, 0) is 21.9 Å². The van der Waals surface area contributed by atoms with E-state index < -0.39 is 19.6 Å². The van der Waals surface area contributed by atoms with Crippen molar-refractivity contribution in [3.05, 3.63) is 59.9 Å². The Kier molecular flexibility index (Phi) is 7.12. The van der Waals surface area contributed by atoms with Gasteiger partial charge in [-0.05, 0) is 30.3 Å². The molecule has 36 heavy (non-hydrogen) atoms. The summed E-state index contributed by atoms with van der Waals surface area (Å²) in [7, 11) is 0.417. The first kappa shape index (κ1) is 25.7. The predicted molar refractivity (Wildman–Crippen MR) is 140 cm³/mol. The monoisotopic (exact) mass is 507 g/mol. The fourth-order valence-corrected chi connectivity index (χ4v) is 4.94. The van der Waals surface area contributed by atoms with Crippen molar-refractivity contribution in [2.75, 3.05) is 20.2 Å². The number of benzene rings is 1. The third kappa shape index (κ3) is 5.40. The number of ether oxygens (including phenoxy) is 1. The number of primary amides is 1. The van der Waals surface area contributed by atoms with E-state index in [4.69, 9.17) is 15.6 Å². The second-order valence-electron chi connectivity index (χ2n) is 10.5. The van der Waals surface area contributed by atoms with E-state index in [0.29, 0.717) is 30.2 Å². The van der Waals surface area contributed by atoms with Gasteiger partial charge in [-0.25, -0.2) is 9.67 Å². The van der Waals surface area contributed by atoms with E-state index in [0.717, 1.165) is 17.2 Å². The lowest BCUT2D eigenvalue weighted by Gasteiger charge is -2.22. The maximum absolute atomic E-state index is 12.9. The molecule has 10 heteroatoms. The lowest BCUT2D eigenvalue weighted by Crippen LogP contribution is -2.38. The summed E-state index contributed by atoms with van der Waals surface area (Å²) in [6.07, 6.45) is 0.284. The first-order valence-corrected chi connectivity index (χ1v) is 15.7. The van der Waals surface area contributed by atoms with Crippen molar-refractivity contribution in [2.24, 2.45) is 5.73 Å². The van der Waals surface area contributed by atoms with E-state index >= 15 is 0 Å². The van der Waals surface area contributed by atoms with Gasteiger partial charge in [0.1, 0.15) is 12.4 Å². The van der Waals surface area contributed by atoms with Gasteiger partial charge in [0.15, 0.2) is 5.60 Å². The molecule has 3 aromatic rings. The molecule has 3 N–H and O–H groups in total. The van der Waals surface area contributed by atoms with Gasteiger partial charge in [-0.3, -0.25) is 9.59 Å². The summed E-state index contributed by atoms with van der Waals surface area (Å²) in [5.74, 6) is -0.941. The number of likely N-dealkylation sites (N-methyl/N-ethyl adjacent to an activating group) is 1. The fraction of sp³-hybridized carbons (Fsp3) is 0.385. The highest BCUT2D eigenvalue weighted by Crippen LogP contribution is 2.35. The van der Waals surface area contributed by atoms with Gasteiger partial charge in [0.25, 0.3) is 11.8 Å². The van der Waals surface area contributed by atoms with Crippen LogP contribution in [0.3, 0.4) is 0 Å². The van der Waals surface area contributed by atoms with Gasteiger partial charge in [0, 0.05) is 45.8 Å². The molecule has 1 fully saturated rings. The number of amides is 2. The Morgan fingerprint density at radius 1 is 1.14 bits per heavy atom. The molecule has 1 aliphatic heterocycles. The molecule has 0 bridgehead atoms. The number of likely N-dealkylation sites (tertiary alicyclic amines) is 1. The molecule has 3 heterocycles. The van der Waals surface area contributed by atoms with Crippen LogP contribution in [0.5, 0.6) is 0 Å². The maximum Gasteiger partial charge on any atom is 0.267 e. The quantitative estimate of drug-likeness (QED) is 0.339. The first-order chi connectivity index (χ1) is 17.0. The summed E-state index contributed by atoms with van der Waals surface area (Å²) in [6.45, 7) is 8.04. The van der Waals surface area contributed by atoms with Crippen LogP contribution in [0.1, 0.15) is 22.6 Å². The number of hydrogen-bond acceptors (Lipinski definition) is 6. The zero-order chi connectivity index (χ0) is 26.1.